The lowest BCUT2D eigenvalue weighted by molar-refractivity contribution is -0.0498. The van der Waals surface area contributed by atoms with Gasteiger partial charge in [0.25, 0.3) is 0 Å². The molecule has 2 nitrogen and oxygen atoms in total. The van der Waals surface area contributed by atoms with Crippen LogP contribution in [0.2, 0.25) is 0 Å². The molecule has 0 radical (unpaired) electrons. The van der Waals surface area contributed by atoms with E-state index in [0.29, 0.717) is 5.92 Å². The van der Waals surface area contributed by atoms with E-state index in [0.717, 1.165) is 18.4 Å². The number of nitrogens with one attached hydrogen (secondary N) is 1. The number of alkyl halides is 2. The van der Waals surface area contributed by atoms with Crippen molar-refractivity contribution in [3.63, 3.8) is 0 Å². The summed E-state index contributed by atoms with van der Waals surface area (Å²) >= 11 is 0. The summed E-state index contributed by atoms with van der Waals surface area (Å²) < 4.78 is 28.4. The van der Waals surface area contributed by atoms with Gasteiger partial charge >= 0.3 is 6.61 Å². The van der Waals surface area contributed by atoms with Crippen molar-refractivity contribution in [3.8, 4) is 5.75 Å². The normalized spacial score (nSPS) is 13.1. The van der Waals surface area contributed by atoms with Crippen LogP contribution in [0.15, 0.2) is 24.3 Å². The summed E-state index contributed by atoms with van der Waals surface area (Å²) in [4.78, 5) is 0. The predicted octanol–water partition coefficient (Wildman–Crippen LogP) is 3.98. The largest absolute Gasteiger partial charge is 0.435 e. The minimum absolute atomic E-state index is 0.202. The Hall–Kier alpha value is -1.16. The fourth-order valence-electron chi connectivity index (χ4n) is 2.29. The highest BCUT2D eigenvalue weighted by Gasteiger charge is 2.18. The Morgan fingerprint density at radius 3 is 2.06 bits per heavy atom. The maximum atomic E-state index is 12.0. The molecule has 0 aromatic heterocycles. The highest BCUT2D eigenvalue weighted by atomic mass is 19.3. The Kier molecular flexibility index (Phi) is 6.05. The van der Waals surface area contributed by atoms with Gasteiger partial charge in [-0.2, -0.15) is 8.78 Å². The van der Waals surface area contributed by atoms with E-state index >= 15 is 0 Å². The lowest BCUT2D eigenvalue weighted by Gasteiger charge is -2.25. The second-order valence-corrected chi connectivity index (χ2v) is 4.29. The number of benzene rings is 1. The standard InChI is InChI=1S/C14H21F2NO/c1-4-10(5-2)13(17-3)11-6-8-12(9-7-11)18-14(15)16/h6-10,13-14,17H,4-5H2,1-3H3. The van der Waals surface area contributed by atoms with E-state index in [1.165, 1.54) is 0 Å². The molecule has 0 amide bonds. The molecule has 0 aliphatic heterocycles. The van der Waals surface area contributed by atoms with Crippen molar-refractivity contribution in [2.45, 2.75) is 39.3 Å². The van der Waals surface area contributed by atoms with E-state index in [9.17, 15) is 8.78 Å². The molecule has 1 rings (SSSR count). The molecular formula is C14H21F2NO. The summed E-state index contributed by atoms with van der Waals surface area (Å²) in [5.41, 5.74) is 1.10. The first-order valence-corrected chi connectivity index (χ1v) is 6.34. The molecule has 4 heteroatoms. The van der Waals surface area contributed by atoms with Crippen LogP contribution >= 0.6 is 0 Å². The summed E-state index contributed by atoms with van der Waals surface area (Å²) in [5, 5.41) is 3.29. The quantitative estimate of drug-likeness (QED) is 0.797. The molecule has 0 fully saturated rings. The first-order valence-electron chi connectivity index (χ1n) is 6.34. The summed E-state index contributed by atoms with van der Waals surface area (Å²) in [7, 11) is 1.92. The fraction of sp³-hybridized carbons (Fsp3) is 0.571. The van der Waals surface area contributed by atoms with Crippen LogP contribution in [0.3, 0.4) is 0 Å². The second kappa shape index (κ2) is 7.31. The van der Waals surface area contributed by atoms with E-state index in [2.05, 4.69) is 23.9 Å². The lowest BCUT2D eigenvalue weighted by Crippen LogP contribution is -2.24. The molecule has 0 saturated heterocycles. The highest BCUT2D eigenvalue weighted by molar-refractivity contribution is 5.29. The summed E-state index contributed by atoms with van der Waals surface area (Å²) in [6.45, 7) is 1.55. The SMILES string of the molecule is CCC(CC)C(NC)c1ccc(OC(F)F)cc1. The van der Waals surface area contributed by atoms with Crippen molar-refractivity contribution in [1.29, 1.82) is 0 Å². The van der Waals surface area contributed by atoms with Gasteiger partial charge in [-0.3, -0.25) is 0 Å². The number of halogens is 2. The molecule has 1 aromatic rings. The van der Waals surface area contributed by atoms with E-state index < -0.39 is 6.61 Å². The summed E-state index contributed by atoms with van der Waals surface area (Å²) in [6.07, 6.45) is 2.16. The Morgan fingerprint density at radius 1 is 1.11 bits per heavy atom. The zero-order chi connectivity index (χ0) is 13.5. The van der Waals surface area contributed by atoms with Gasteiger partial charge in [0.15, 0.2) is 0 Å². The Morgan fingerprint density at radius 2 is 1.67 bits per heavy atom. The van der Waals surface area contributed by atoms with E-state index in [1.807, 2.05) is 19.2 Å². The monoisotopic (exact) mass is 257 g/mol. The Bertz CT molecular complexity index is 336. The van der Waals surface area contributed by atoms with E-state index in [1.54, 1.807) is 12.1 Å². The zero-order valence-corrected chi connectivity index (χ0v) is 11.1. The topological polar surface area (TPSA) is 21.3 Å². The smallest absolute Gasteiger partial charge is 0.387 e. The first kappa shape index (κ1) is 14.9. The molecule has 0 aliphatic carbocycles. The van der Waals surface area contributed by atoms with Crippen LogP contribution in [0, 0.1) is 5.92 Å². The van der Waals surface area contributed by atoms with Gasteiger partial charge in [-0.1, -0.05) is 38.8 Å². The molecule has 0 bridgehead atoms. The van der Waals surface area contributed by atoms with Gasteiger partial charge in [0.1, 0.15) is 5.75 Å². The van der Waals surface area contributed by atoms with Gasteiger partial charge in [-0.25, -0.2) is 0 Å². The van der Waals surface area contributed by atoms with Crippen molar-refractivity contribution in [2.24, 2.45) is 5.92 Å². The number of hydrogen-bond acceptors (Lipinski definition) is 2. The van der Waals surface area contributed by atoms with E-state index in [-0.39, 0.29) is 11.8 Å². The molecule has 102 valence electrons. The van der Waals surface area contributed by atoms with Gasteiger partial charge in [-0.05, 0) is 30.7 Å². The molecule has 18 heavy (non-hydrogen) atoms. The van der Waals surface area contributed by atoms with Crippen LogP contribution in [0.5, 0.6) is 5.75 Å². The van der Waals surface area contributed by atoms with Crippen molar-refractivity contribution < 1.29 is 13.5 Å². The highest BCUT2D eigenvalue weighted by Crippen LogP contribution is 2.28. The molecular weight excluding hydrogens is 236 g/mol. The third kappa shape index (κ3) is 3.95. The Labute approximate surface area is 107 Å². The molecule has 1 N–H and O–H groups in total. The fourth-order valence-corrected chi connectivity index (χ4v) is 2.29. The average molecular weight is 257 g/mol. The third-order valence-electron chi connectivity index (χ3n) is 3.30. The molecule has 0 spiro atoms. The molecule has 1 aromatic carbocycles. The molecule has 0 heterocycles. The number of ether oxygens (including phenoxy) is 1. The molecule has 1 atom stereocenters. The van der Waals surface area contributed by atoms with Crippen LogP contribution in [0.25, 0.3) is 0 Å². The zero-order valence-electron chi connectivity index (χ0n) is 11.1. The van der Waals surface area contributed by atoms with Crippen molar-refractivity contribution in [2.75, 3.05) is 7.05 Å². The Balaban J connectivity index is 2.81. The van der Waals surface area contributed by atoms with Gasteiger partial charge in [0, 0.05) is 6.04 Å². The third-order valence-corrected chi connectivity index (χ3v) is 3.30. The van der Waals surface area contributed by atoms with Gasteiger partial charge in [-0.15, -0.1) is 0 Å². The van der Waals surface area contributed by atoms with Crippen molar-refractivity contribution in [3.05, 3.63) is 29.8 Å². The molecule has 0 saturated carbocycles. The van der Waals surface area contributed by atoms with Crippen LogP contribution < -0.4 is 10.1 Å². The predicted molar refractivity (Wildman–Crippen MR) is 68.9 cm³/mol. The lowest BCUT2D eigenvalue weighted by atomic mass is 9.89. The number of hydrogen-bond donors (Lipinski definition) is 1. The average Bonchev–Trinajstić information content (AvgIpc) is 2.36. The van der Waals surface area contributed by atoms with Gasteiger partial charge in [0.2, 0.25) is 0 Å². The maximum absolute atomic E-state index is 12.0. The van der Waals surface area contributed by atoms with E-state index in [4.69, 9.17) is 0 Å². The minimum Gasteiger partial charge on any atom is -0.435 e. The van der Waals surface area contributed by atoms with Gasteiger partial charge < -0.3 is 10.1 Å². The van der Waals surface area contributed by atoms with Crippen LogP contribution in [-0.2, 0) is 0 Å². The maximum Gasteiger partial charge on any atom is 0.387 e. The first-order chi connectivity index (χ1) is 8.62. The van der Waals surface area contributed by atoms with Crippen molar-refractivity contribution in [1.82, 2.24) is 5.32 Å². The van der Waals surface area contributed by atoms with Crippen LogP contribution in [0.4, 0.5) is 8.78 Å². The number of rotatable bonds is 7. The summed E-state index contributed by atoms with van der Waals surface area (Å²) in [5.74, 6) is 0.741. The second-order valence-electron chi connectivity index (χ2n) is 4.29. The van der Waals surface area contributed by atoms with Crippen LogP contribution in [0.1, 0.15) is 38.3 Å². The van der Waals surface area contributed by atoms with Crippen LogP contribution in [-0.4, -0.2) is 13.7 Å². The molecule has 0 aliphatic rings. The molecule has 1 unspecified atom stereocenters. The van der Waals surface area contributed by atoms with Gasteiger partial charge in [0.05, 0.1) is 0 Å². The van der Waals surface area contributed by atoms with Crippen molar-refractivity contribution >= 4 is 0 Å². The minimum atomic E-state index is -2.77. The summed E-state index contributed by atoms with van der Waals surface area (Å²) in [6, 6.07) is 7.12.